The minimum atomic E-state index is -0.244. The molecular weight excluding hydrogens is 689 g/mol. The summed E-state index contributed by atoms with van der Waals surface area (Å²) in [6.07, 6.45) is 1.61. The first-order valence-corrected chi connectivity index (χ1v) is 14.2. The van der Waals surface area contributed by atoms with Gasteiger partial charge in [0.25, 0.3) is 5.56 Å². The van der Waals surface area contributed by atoms with Crippen LogP contribution in [-0.2, 0) is 6.61 Å². The SMILES string of the molecule is CCOc1cc(C=Nn2c(C(C)C)nc3ccc(Br)cc3c2=O)c(Br)c(Br)c1OCc1ccccc1Cl. The molecule has 0 aliphatic heterocycles. The smallest absolute Gasteiger partial charge is 0.282 e. The first-order chi connectivity index (χ1) is 17.7. The maximum atomic E-state index is 13.4. The number of halogens is 4. The van der Waals surface area contributed by atoms with Gasteiger partial charge in [-0.2, -0.15) is 9.78 Å². The fourth-order valence-electron chi connectivity index (χ4n) is 3.63. The Kier molecular flexibility index (Phi) is 9.11. The van der Waals surface area contributed by atoms with Crippen molar-refractivity contribution in [2.75, 3.05) is 6.61 Å². The van der Waals surface area contributed by atoms with Crippen LogP contribution in [0.4, 0.5) is 0 Å². The molecule has 0 aliphatic carbocycles. The molecule has 0 N–H and O–H groups in total. The Hall–Kier alpha value is -2.20. The van der Waals surface area contributed by atoms with Gasteiger partial charge in [-0.25, -0.2) is 4.98 Å². The molecule has 0 saturated heterocycles. The lowest BCUT2D eigenvalue weighted by Gasteiger charge is -2.17. The fourth-order valence-corrected chi connectivity index (χ4v) is 5.12. The van der Waals surface area contributed by atoms with E-state index in [1.54, 1.807) is 12.3 Å². The maximum absolute atomic E-state index is 13.4. The van der Waals surface area contributed by atoms with Crippen molar-refractivity contribution in [2.45, 2.75) is 33.3 Å². The van der Waals surface area contributed by atoms with E-state index in [2.05, 4.69) is 52.9 Å². The molecule has 37 heavy (non-hydrogen) atoms. The van der Waals surface area contributed by atoms with Crippen LogP contribution in [0.15, 0.2) is 71.8 Å². The fraction of sp³-hybridized carbons (Fsp3) is 0.222. The molecule has 1 heterocycles. The summed E-state index contributed by atoms with van der Waals surface area (Å²) in [5, 5.41) is 5.66. The van der Waals surface area contributed by atoms with E-state index in [-0.39, 0.29) is 18.1 Å². The molecule has 0 aliphatic rings. The van der Waals surface area contributed by atoms with E-state index in [1.807, 2.05) is 63.2 Å². The number of benzene rings is 3. The van der Waals surface area contributed by atoms with E-state index in [9.17, 15) is 4.79 Å². The van der Waals surface area contributed by atoms with Gasteiger partial charge in [0, 0.05) is 31.0 Å². The van der Waals surface area contributed by atoms with Crippen molar-refractivity contribution >= 4 is 76.5 Å². The molecule has 0 radical (unpaired) electrons. The number of rotatable bonds is 8. The van der Waals surface area contributed by atoms with Gasteiger partial charge in [0.15, 0.2) is 11.5 Å². The molecule has 3 aromatic carbocycles. The van der Waals surface area contributed by atoms with E-state index in [0.717, 1.165) is 10.0 Å². The van der Waals surface area contributed by atoms with Gasteiger partial charge < -0.3 is 9.47 Å². The van der Waals surface area contributed by atoms with E-state index in [0.29, 0.717) is 54.4 Å². The van der Waals surface area contributed by atoms with Gasteiger partial charge in [-0.15, -0.1) is 0 Å². The third-order valence-corrected chi connectivity index (χ3v) is 8.45. The molecule has 6 nitrogen and oxygen atoms in total. The number of aromatic nitrogens is 2. The van der Waals surface area contributed by atoms with Gasteiger partial charge >= 0.3 is 0 Å². The Morgan fingerprint density at radius 2 is 1.84 bits per heavy atom. The first-order valence-electron chi connectivity index (χ1n) is 11.5. The van der Waals surface area contributed by atoms with Crippen LogP contribution < -0.4 is 15.0 Å². The second kappa shape index (κ2) is 12.1. The molecule has 0 fully saturated rings. The number of hydrogen-bond donors (Lipinski definition) is 0. The van der Waals surface area contributed by atoms with Gasteiger partial charge in [0.2, 0.25) is 0 Å². The van der Waals surface area contributed by atoms with Gasteiger partial charge in [-0.05, 0) is 69.1 Å². The van der Waals surface area contributed by atoms with Gasteiger partial charge in [-0.1, -0.05) is 59.6 Å². The number of fused-ring (bicyclic) bond motifs is 1. The first kappa shape index (κ1) is 27.8. The molecule has 1 aromatic heterocycles. The van der Waals surface area contributed by atoms with E-state index >= 15 is 0 Å². The predicted octanol–water partition coefficient (Wildman–Crippen LogP) is 8.32. The zero-order chi connectivity index (χ0) is 26.7. The number of hydrogen-bond acceptors (Lipinski definition) is 5. The lowest BCUT2D eigenvalue weighted by atomic mass is 10.2. The highest BCUT2D eigenvalue weighted by Gasteiger charge is 2.19. The summed E-state index contributed by atoms with van der Waals surface area (Å²) < 4.78 is 15.5. The summed E-state index contributed by atoms with van der Waals surface area (Å²) in [4.78, 5) is 18.1. The minimum absolute atomic E-state index is 0.0207. The highest BCUT2D eigenvalue weighted by atomic mass is 79.9. The summed E-state index contributed by atoms with van der Waals surface area (Å²) in [7, 11) is 0. The van der Waals surface area contributed by atoms with Gasteiger partial charge in [0.1, 0.15) is 12.4 Å². The quantitative estimate of drug-likeness (QED) is 0.173. The van der Waals surface area contributed by atoms with Crippen LogP contribution in [0.25, 0.3) is 10.9 Å². The van der Waals surface area contributed by atoms with E-state index < -0.39 is 0 Å². The molecular formula is C27H23Br3ClN3O3. The topological polar surface area (TPSA) is 65.7 Å². The zero-order valence-corrected chi connectivity index (χ0v) is 25.8. The van der Waals surface area contributed by atoms with Crippen molar-refractivity contribution in [1.82, 2.24) is 9.66 Å². The van der Waals surface area contributed by atoms with Crippen LogP contribution in [0.1, 0.15) is 43.6 Å². The Morgan fingerprint density at radius 3 is 2.54 bits per heavy atom. The van der Waals surface area contributed by atoms with Crippen LogP contribution in [-0.4, -0.2) is 22.5 Å². The van der Waals surface area contributed by atoms with Crippen molar-refractivity contribution in [3.05, 3.63) is 94.3 Å². The lowest BCUT2D eigenvalue weighted by Crippen LogP contribution is -2.23. The molecule has 192 valence electrons. The lowest BCUT2D eigenvalue weighted by molar-refractivity contribution is 0.267. The molecule has 10 heteroatoms. The molecule has 0 unspecified atom stereocenters. The molecule has 4 aromatic rings. The van der Waals surface area contributed by atoms with E-state index in [1.165, 1.54) is 4.68 Å². The van der Waals surface area contributed by atoms with Crippen LogP contribution in [0.2, 0.25) is 5.02 Å². The van der Waals surface area contributed by atoms with Crippen molar-refractivity contribution in [3.63, 3.8) is 0 Å². The Bertz CT molecular complexity index is 1550. The maximum Gasteiger partial charge on any atom is 0.282 e. The van der Waals surface area contributed by atoms with Crippen molar-refractivity contribution in [3.8, 4) is 11.5 Å². The molecule has 0 saturated carbocycles. The largest absolute Gasteiger partial charge is 0.490 e. The van der Waals surface area contributed by atoms with Crippen LogP contribution in [0.3, 0.4) is 0 Å². The highest BCUT2D eigenvalue weighted by molar-refractivity contribution is 9.13. The molecule has 0 amide bonds. The summed E-state index contributed by atoms with van der Waals surface area (Å²) in [6.45, 7) is 6.55. The zero-order valence-electron chi connectivity index (χ0n) is 20.3. The summed E-state index contributed by atoms with van der Waals surface area (Å²) in [5.41, 5.74) is 1.93. The van der Waals surface area contributed by atoms with Crippen LogP contribution in [0, 0.1) is 0 Å². The van der Waals surface area contributed by atoms with Crippen molar-refractivity contribution in [2.24, 2.45) is 5.10 Å². The second-order valence-corrected chi connectivity index (χ2v) is 11.3. The molecule has 0 spiro atoms. The standard InChI is InChI=1S/C27H23Br3ClN3O3/c1-4-36-22-11-17(23(29)24(30)25(22)37-14-16-7-5-6-8-20(16)31)13-32-34-26(15(2)3)33-21-10-9-18(28)12-19(21)27(34)35/h5-13,15H,4,14H2,1-3H3. The monoisotopic (exact) mass is 709 g/mol. The highest BCUT2D eigenvalue weighted by Crippen LogP contribution is 2.43. The molecule has 4 rings (SSSR count). The average molecular weight is 713 g/mol. The van der Waals surface area contributed by atoms with E-state index in [4.69, 9.17) is 26.1 Å². The van der Waals surface area contributed by atoms with Gasteiger partial charge in [-0.3, -0.25) is 4.79 Å². The summed E-state index contributed by atoms with van der Waals surface area (Å²) >= 11 is 17.0. The Balaban J connectivity index is 1.76. The predicted molar refractivity (Wildman–Crippen MR) is 160 cm³/mol. The summed E-state index contributed by atoms with van der Waals surface area (Å²) in [5.74, 6) is 1.61. The third-order valence-electron chi connectivity index (χ3n) is 5.45. The third kappa shape index (κ3) is 6.11. The van der Waals surface area contributed by atoms with Crippen molar-refractivity contribution in [1.29, 1.82) is 0 Å². The number of nitrogens with zero attached hydrogens (tertiary/aromatic N) is 3. The molecule has 0 bridgehead atoms. The number of ether oxygens (including phenoxy) is 2. The van der Waals surface area contributed by atoms with Gasteiger partial charge in [0.05, 0.1) is 28.2 Å². The average Bonchev–Trinajstić information content (AvgIpc) is 2.87. The van der Waals surface area contributed by atoms with Crippen molar-refractivity contribution < 1.29 is 9.47 Å². The van der Waals surface area contributed by atoms with Crippen LogP contribution >= 0.6 is 59.4 Å². The second-order valence-electron chi connectivity index (χ2n) is 8.38. The van der Waals surface area contributed by atoms with Crippen LogP contribution in [0.5, 0.6) is 11.5 Å². The molecule has 0 atom stereocenters. The Labute approximate surface area is 245 Å². The summed E-state index contributed by atoms with van der Waals surface area (Å²) in [6, 6.07) is 14.8. The normalized spacial score (nSPS) is 11.6. The Morgan fingerprint density at radius 1 is 1.08 bits per heavy atom. The minimum Gasteiger partial charge on any atom is -0.490 e.